The number of hydrogen-bond donors (Lipinski definition) is 2. The van der Waals surface area contributed by atoms with Crippen LogP contribution >= 0.6 is 47.0 Å². The van der Waals surface area contributed by atoms with Gasteiger partial charge in [-0.2, -0.15) is 47.0 Å². The van der Waals surface area contributed by atoms with Gasteiger partial charge in [-0.15, -0.1) is 0 Å². The molecule has 2 nitrogen and oxygen atoms in total. The zero-order valence-electron chi connectivity index (χ0n) is 11.4. The summed E-state index contributed by atoms with van der Waals surface area (Å²) >= 11 is 7.18. The van der Waals surface area contributed by atoms with E-state index in [2.05, 4.69) is 6.92 Å². The summed E-state index contributed by atoms with van der Waals surface area (Å²) in [4.78, 5) is 0. The molecule has 0 aliphatic heterocycles. The second kappa shape index (κ2) is 13.3. The Kier molecular flexibility index (Phi) is 14.3. The average molecular weight is 331 g/mol. The van der Waals surface area contributed by atoms with E-state index in [4.69, 9.17) is 0 Å². The van der Waals surface area contributed by atoms with Crippen molar-refractivity contribution in [2.75, 3.05) is 46.0 Å². The van der Waals surface area contributed by atoms with Gasteiger partial charge in [0.05, 0.1) is 0 Å². The lowest BCUT2D eigenvalue weighted by Gasteiger charge is -2.20. The Labute approximate surface area is 129 Å². The first-order chi connectivity index (χ1) is 8.62. The molecule has 0 aromatic rings. The first-order valence-electron chi connectivity index (χ1n) is 6.38. The first kappa shape index (κ1) is 19.3. The van der Waals surface area contributed by atoms with Gasteiger partial charge < -0.3 is 10.2 Å². The van der Waals surface area contributed by atoms with Crippen molar-refractivity contribution in [3.05, 3.63) is 0 Å². The zero-order valence-corrected chi connectivity index (χ0v) is 14.7. The molecule has 6 heteroatoms. The van der Waals surface area contributed by atoms with Crippen molar-refractivity contribution in [3.8, 4) is 0 Å². The average Bonchev–Trinajstić information content (AvgIpc) is 2.34. The van der Waals surface area contributed by atoms with E-state index < -0.39 is 5.79 Å². The van der Waals surface area contributed by atoms with Gasteiger partial charge in [-0.3, -0.25) is 0 Å². The molecule has 0 fully saturated rings. The van der Waals surface area contributed by atoms with E-state index in [0.29, 0.717) is 11.5 Å². The largest absolute Gasteiger partial charge is 0.364 e. The highest BCUT2D eigenvalue weighted by Crippen LogP contribution is 2.18. The molecule has 0 heterocycles. The van der Waals surface area contributed by atoms with Crippen LogP contribution in [0.4, 0.5) is 0 Å². The summed E-state index contributed by atoms with van der Waals surface area (Å²) in [7, 11) is 0. The van der Waals surface area contributed by atoms with Crippen LogP contribution in [-0.2, 0) is 0 Å². The highest BCUT2D eigenvalue weighted by molar-refractivity contribution is 8.03. The van der Waals surface area contributed by atoms with Gasteiger partial charge in [0.1, 0.15) is 0 Å². The first-order valence-corrected chi connectivity index (χ1v) is 11.0. The van der Waals surface area contributed by atoms with E-state index in [1.165, 1.54) is 23.7 Å². The van der Waals surface area contributed by atoms with Gasteiger partial charge in [-0.1, -0.05) is 13.8 Å². The Hall–Kier alpha value is 1.32. The summed E-state index contributed by atoms with van der Waals surface area (Å²) in [5, 5.41) is 19.3. The van der Waals surface area contributed by atoms with Crippen LogP contribution in [0.5, 0.6) is 0 Å². The van der Waals surface area contributed by atoms with Gasteiger partial charge in [0.25, 0.3) is 0 Å². The Morgan fingerprint density at radius 2 is 1.28 bits per heavy atom. The molecule has 0 radical (unpaired) electrons. The van der Waals surface area contributed by atoms with Crippen LogP contribution in [0.3, 0.4) is 0 Å². The third-order valence-electron chi connectivity index (χ3n) is 2.02. The van der Waals surface area contributed by atoms with Crippen LogP contribution in [0.25, 0.3) is 0 Å². The van der Waals surface area contributed by atoms with Crippen molar-refractivity contribution in [1.29, 1.82) is 0 Å². The Balaban J connectivity index is 3.23. The van der Waals surface area contributed by atoms with Gasteiger partial charge in [-0.05, 0) is 29.4 Å². The fourth-order valence-corrected chi connectivity index (χ4v) is 4.82. The van der Waals surface area contributed by atoms with Crippen molar-refractivity contribution in [2.45, 2.75) is 26.1 Å². The maximum Gasteiger partial charge on any atom is 0.181 e. The van der Waals surface area contributed by atoms with Gasteiger partial charge in [0, 0.05) is 23.0 Å². The van der Waals surface area contributed by atoms with Crippen molar-refractivity contribution >= 4 is 47.0 Å². The molecular formula is C12H26O2S4. The molecule has 0 bridgehead atoms. The molecule has 0 rings (SSSR count). The van der Waals surface area contributed by atoms with Crippen LogP contribution in [0.1, 0.15) is 20.3 Å². The smallest absolute Gasteiger partial charge is 0.181 e. The van der Waals surface area contributed by atoms with E-state index in [1.54, 1.807) is 23.5 Å². The molecule has 0 atom stereocenters. The molecule has 0 unspecified atom stereocenters. The van der Waals surface area contributed by atoms with Crippen LogP contribution in [-0.4, -0.2) is 62.0 Å². The zero-order chi connectivity index (χ0) is 13.7. The fourth-order valence-electron chi connectivity index (χ4n) is 1.17. The molecule has 0 saturated heterocycles. The van der Waals surface area contributed by atoms with Crippen LogP contribution in [0, 0.1) is 0 Å². The van der Waals surface area contributed by atoms with Crippen LogP contribution < -0.4 is 0 Å². The number of thioether (sulfide) groups is 4. The normalized spacial score (nSPS) is 12.0. The summed E-state index contributed by atoms with van der Waals surface area (Å²) in [6.45, 7) is 4.22. The van der Waals surface area contributed by atoms with Crippen LogP contribution in [0.2, 0.25) is 0 Å². The summed E-state index contributed by atoms with van der Waals surface area (Å²) in [5.74, 6) is 6.09. The monoisotopic (exact) mass is 330 g/mol. The van der Waals surface area contributed by atoms with Crippen molar-refractivity contribution in [1.82, 2.24) is 0 Å². The lowest BCUT2D eigenvalue weighted by molar-refractivity contribution is -0.118. The lowest BCUT2D eigenvalue weighted by atomic mass is 10.4. The van der Waals surface area contributed by atoms with E-state index in [1.807, 2.05) is 30.4 Å². The molecule has 2 N–H and O–H groups in total. The minimum Gasteiger partial charge on any atom is -0.364 e. The van der Waals surface area contributed by atoms with E-state index in [0.717, 1.165) is 17.3 Å². The quantitative estimate of drug-likeness (QED) is 0.400. The van der Waals surface area contributed by atoms with Gasteiger partial charge >= 0.3 is 0 Å². The maximum atomic E-state index is 9.65. The third-order valence-corrected chi connectivity index (χ3v) is 6.57. The second-order valence-electron chi connectivity index (χ2n) is 3.84. The minimum atomic E-state index is -1.49. The van der Waals surface area contributed by atoms with Crippen LogP contribution in [0.15, 0.2) is 0 Å². The molecule has 0 amide bonds. The van der Waals surface area contributed by atoms with Gasteiger partial charge in [0.2, 0.25) is 0 Å². The van der Waals surface area contributed by atoms with Crippen molar-refractivity contribution in [3.63, 3.8) is 0 Å². The topological polar surface area (TPSA) is 40.5 Å². The Morgan fingerprint density at radius 1 is 0.722 bits per heavy atom. The molecule has 0 saturated carbocycles. The molecule has 0 aliphatic rings. The van der Waals surface area contributed by atoms with E-state index in [9.17, 15) is 10.2 Å². The molecule has 0 aromatic carbocycles. The summed E-state index contributed by atoms with van der Waals surface area (Å²) in [6.07, 6.45) is 1.28. The highest BCUT2D eigenvalue weighted by Gasteiger charge is 2.22. The second-order valence-corrected chi connectivity index (χ2v) is 8.83. The van der Waals surface area contributed by atoms with E-state index >= 15 is 0 Å². The summed E-state index contributed by atoms with van der Waals surface area (Å²) in [5.41, 5.74) is 0. The maximum absolute atomic E-state index is 9.65. The van der Waals surface area contributed by atoms with Gasteiger partial charge in [-0.25, -0.2) is 0 Å². The number of rotatable bonds is 13. The van der Waals surface area contributed by atoms with Crippen molar-refractivity contribution < 1.29 is 10.2 Å². The number of hydrogen-bond acceptors (Lipinski definition) is 6. The molecule has 0 aromatic heterocycles. The van der Waals surface area contributed by atoms with Gasteiger partial charge in [0.15, 0.2) is 5.79 Å². The molecule has 110 valence electrons. The summed E-state index contributed by atoms with van der Waals surface area (Å²) in [6, 6.07) is 0. The highest BCUT2D eigenvalue weighted by atomic mass is 32.2. The third kappa shape index (κ3) is 13.7. The molecule has 0 spiro atoms. The SMILES string of the molecule is CCSCCCSCCSCC(O)(O)CSCC. The Morgan fingerprint density at radius 3 is 1.94 bits per heavy atom. The molecule has 0 aliphatic carbocycles. The summed E-state index contributed by atoms with van der Waals surface area (Å²) < 4.78 is 0. The standard InChI is InChI=1S/C12H26O2S4/c1-3-15-6-5-7-17-8-9-18-11-12(13,14)10-16-4-2/h13-14H,3-11H2,1-2H3. The predicted octanol–water partition coefficient (Wildman–Crippen LogP) is 3.03. The minimum absolute atomic E-state index is 0.415. The predicted molar refractivity (Wildman–Crippen MR) is 92.4 cm³/mol. The Bertz CT molecular complexity index is 179. The molecule has 18 heavy (non-hydrogen) atoms. The van der Waals surface area contributed by atoms with E-state index in [-0.39, 0.29) is 0 Å². The fraction of sp³-hybridized carbons (Fsp3) is 1.00. The lowest BCUT2D eigenvalue weighted by Crippen LogP contribution is -2.34. The number of aliphatic hydroxyl groups is 2. The van der Waals surface area contributed by atoms with Crippen molar-refractivity contribution in [2.24, 2.45) is 0 Å². The molecular weight excluding hydrogens is 304 g/mol.